The molecular formula is C15H16NO2+. The molecule has 0 spiro atoms. The Morgan fingerprint density at radius 3 is 2.00 bits per heavy atom. The van der Waals surface area contributed by atoms with Crippen LogP contribution in [-0.4, -0.2) is 18.2 Å². The molecule has 2 aromatic rings. The van der Waals surface area contributed by atoms with Crippen molar-refractivity contribution in [1.29, 1.82) is 0 Å². The van der Waals surface area contributed by atoms with Crippen LogP contribution in [0.5, 0.6) is 0 Å². The molecule has 1 N–H and O–H groups in total. The molecule has 0 aliphatic rings. The van der Waals surface area contributed by atoms with Gasteiger partial charge in [0.2, 0.25) is 0 Å². The number of rotatable bonds is 3. The normalized spacial score (nSPS) is 13.8. The molecule has 2 rings (SSSR count). The molecule has 0 bridgehead atoms. The summed E-state index contributed by atoms with van der Waals surface area (Å²) in [6.45, 7) is 0.431. The predicted molar refractivity (Wildman–Crippen MR) is 72.3 cm³/mol. The largest absolute Gasteiger partial charge is 0.518 e. The molecule has 92 valence electrons. The molecule has 1 unspecified atom stereocenters. The summed E-state index contributed by atoms with van der Waals surface area (Å²) in [6.07, 6.45) is -0.856. The van der Waals surface area contributed by atoms with Crippen molar-refractivity contribution in [1.82, 2.24) is 4.48 Å². The zero-order valence-corrected chi connectivity index (χ0v) is 10.3. The highest BCUT2D eigenvalue weighted by Crippen LogP contribution is 2.24. The zero-order chi connectivity index (χ0) is 13.0. The third kappa shape index (κ3) is 2.41. The molecule has 0 fully saturated rings. The maximum absolute atomic E-state index is 11.6. The molecule has 0 saturated heterocycles. The molecule has 0 heterocycles. The number of nitrogens with zero attached hydrogens (tertiary/aromatic N) is 1. The van der Waals surface area contributed by atoms with E-state index in [4.69, 9.17) is 0 Å². The molecule has 0 saturated carbocycles. The predicted octanol–water partition coefficient (Wildman–Crippen LogP) is 3.50. The Bertz CT molecular complexity index is 525. The van der Waals surface area contributed by atoms with E-state index in [9.17, 15) is 9.90 Å². The van der Waals surface area contributed by atoms with Gasteiger partial charge in [-0.1, -0.05) is 48.5 Å². The minimum atomic E-state index is -0.856. The van der Waals surface area contributed by atoms with Crippen LogP contribution in [0.2, 0.25) is 0 Å². The van der Waals surface area contributed by atoms with Crippen molar-refractivity contribution in [2.75, 3.05) is 7.05 Å². The molecule has 0 radical (unpaired) electrons. The van der Waals surface area contributed by atoms with E-state index in [1.807, 2.05) is 60.7 Å². The van der Waals surface area contributed by atoms with Crippen LogP contribution >= 0.6 is 0 Å². The lowest BCUT2D eigenvalue weighted by molar-refractivity contribution is 0.154. The first-order chi connectivity index (χ1) is 8.63. The summed E-state index contributed by atoms with van der Waals surface area (Å²) in [4.78, 5) is 11.6. The highest BCUT2D eigenvalue weighted by molar-refractivity contribution is 5.80. The first kappa shape index (κ1) is 12.3. The lowest BCUT2D eigenvalue weighted by Crippen LogP contribution is -2.48. The van der Waals surface area contributed by atoms with E-state index in [0.717, 1.165) is 11.3 Å². The molecule has 3 nitrogen and oxygen atoms in total. The summed E-state index contributed by atoms with van der Waals surface area (Å²) in [5.74, 6) is 0. The topological polar surface area (TPSA) is 37.3 Å². The molecule has 18 heavy (non-hydrogen) atoms. The molecule has 1 amide bonds. The summed E-state index contributed by atoms with van der Waals surface area (Å²) < 4.78 is -0.148. The van der Waals surface area contributed by atoms with Gasteiger partial charge in [-0.15, -0.1) is 0 Å². The average Bonchev–Trinajstić information content (AvgIpc) is 2.40. The quantitative estimate of drug-likeness (QED) is 0.836. The van der Waals surface area contributed by atoms with E-state index in [1.165, 1.54) is 0 Å². The SMILES string of the molecule is C[N+](Cc1ccccc1)(C(=O)O)c1ccccc1. The van der Waals surface area contributed by atoms with Crippen molar-refractivity contribution >= 4 is 11.8 Å². The number of quaternary nitrogens is 1. The van der Waals surface area contributed by atoms with Gasteiger partial charge in [-0.2, -0.15) is 9.28 Å². The first-order valence-electron chi connectivity index (χ1n) is 5.81. The average molecular weight is 242 g/mol. The van der Waals surface area contributed by atoms with E-state index < -0.39 is 6.09 Å². The number of benzene rings is 2. The van der Waals surface area contributed by atoms with Gasteiger partial charge in [-0.05, 0) is 12.1 Å². The van der Waals surface area contributed by atoms with Crippen molar-refractivity contribution in [3.63, 3.8) is 0 Å². The second kappa shape index (κ2) is 5.02. The summed E-state index contributed by atoms with van der Waals surface area (Å²) in [7, 11) is 1.71. The van der Waals surface area contributed by atoms with Gasteiger partial charge in [-0.25, -0.2) is 0 Å². The Labute approximate surface area is 107 Å². The van der Waals surface area contributed by atoms with Gasteiger partial charge < -0.3 is 5.11 Å². The summed E-state index contributed by atoms with van der Waals surface area (Å²) >= 11 is 0. The lowest BCUT2D eigenvalue weighted by Gasteiger charge is -2.27. The van der Waals surface area contributed by atoms with Crippen molar-refractivity contribution in [3.8, 4) is 0 Å². The maximum Gasteiger partial charge on any atom is 0.518 e. The fourth-order valence-corrected chi connectivity index (χ4v) is 1.97. The number of hydrogen-bond donors (Lipinski definition) is 1. The van der Waals surface area contributed by atoms with Crippen LogP contribution in [0.15, 0.2) is 60.7 Å². The van der Waals surface area contributed by atoms with Crippen molar-refractivity contribution in [2.45, 2.75) is 6.54 Å². The fraction of sp³-hybridized carbons (Fsp3) is 0.133. The van der Waals surface area contributed by atoms with Crippen LogP contribution < -0.4 is 4.48 Å². The summed E-state index contributed by atoms with van der Waals surface area (Å²) in [5.41, 5.74) is 1.78. The third-order valence-corrected chi connectivity index (χ3v) is 3.09. The maximum atomic E-state index is 11.6. The van der Waals surface area contributed by atoms with Crippen molar-refractivity contribution in [3.05, 3.63) is 66.2 Å². The van der Waals surface area contributed by atoms with E-state index in [2.05, 4.69) is 0 Å². The van der Waals surface area contributed by atoms with Crippen LogP contribution in [0.25, 0.3) is 0 Å². The van der Waals surface area contributed by atoms with Gasteiger partial charge in [0.1, 0.15) is 12.2 Å². The Hall–Kier alpha value is -2.13. The molecule has 0 aromatic heterocycles. The Kier molecular flexibility index (Phi) is 3.44. The third-order valence-electron chi connectivity index (χ3n) is 3.09. The van der Waals surface area contributed by atoms with Crippen LogP contribution in [0, 0.1) is 0 Å². The van der Waals surface area contributed by atoms with Gasteiger partial charge in [0.15, 0.2) is 0 Å². The van der Waals surface area contributed by atoms with E-state index in [0.29, 0.717) is 6.54 Å². The second-order valence-corrected chi connectivity index (χ2v) is 4.45. The number of hydrogen-bond acceptors (Lipinski definition) is 1. The number of carbonyl (C=O) groups is 1. The molecule has 2 aromatic carbocycles. The minimum Gasteiger partial charge on any atom is -0.435 e. The molecule has 0 aliphatic carbocycles. The van der Waals surface area contributed by atoms with E-state index in [1.54, 1.807) is 7.05 Å². The molecular weight excluding hydrogens is 226 g/mol. The van der Waals surface area contributed by atoms with Crippen LogP contribution in [0.4, 0.5) is 10.5 Å². The number of amides is 1. The van der Waals surface area contributed by atoms with Crippen LogP contribution in [0.3, 0.4) is 0 Å². The highest BCUT2D eigenvalue weighted by Gasteiger charge is 2.34. The van der Waals surface area contributed by atoms with Gasteiger partial charge in [0, 0.05) is 5.56 Å². The van der Waals surface area contributed by atoms with Gasteiger partial charge in [0.05, 0.1) is 7.05 Å². The van der Waals surface area contributed by atoms with Crippen LogP contribution in [-0.2, 0) is 6.54 Å². The minimum absolute atomic E-state index is 0.148. The molecule has 0 aliphatic heterocycles. The standard InChI is InChI=1S/C15H15NO2/c1-16(15(17)18,14-10-6-3-7-11-14)12-13-8-4-2-5-9-13/h2-11H,12H2,1H3/p+1. The highest BCUT2D eigenvalue weighted by atomic mass is 16.4. The van der Waals surface area contributed by atoms with E-state index in [-0.39, 0.29) is 4.48 Å². The second-order valence-electron chi connectivity index (χ2n) is 4.45. The first-order valence-corrected chi connectivity index (χ1v) is 5.81. The van der Waals surface area contributed by atoms with Crippen molar-refractivity contribution < 1.29 is 9.90 Å². The van der Waals surface area contributed by atoms with Gasteiger partial charge in [0.25, 0.3) is 0 Å². The molecule has 1 atom stereocenters. The zero-order valence-electron chi connectivity index (χ0n) is 10.3. The Balaban J connectivity index is 2.37. The summed E-state index contributed by atoms with van der Waals surface area (Å²) in [5, 5.41) is 9.52. The lowest BCUT2D eigenvalue weighted by atomic mass is 10.1. The van der Waals surface area contributed by atoms with Gasteiger partial charge in [-0.3, -0.25) is 0 Å². The number of para-hydroxylation sites is 1. The van der Waals surface area contributed by atoms with Crippen LogP contribution in [0.1, 0.15) is 5.56 Å². The number of carboxylic acid groups (broad SMARTS) is 1. The van der Waals surface area contributed by atoms with E-state index >= 15 is 0 Å². The van der Waals surface area contributed by atoms with Gasteiger partial charge >= 0.3 is 6.09 Å². The monoisotopic (exact) mass is 242 g/mol. The van der Waals surface area contributed by atoms with Crippen molar-refractivity contribution in [2.24, 2.45) is 0 Å². The Morgan fingerprint density at radius 1 is 1.00 bits per heavy atom. The smallest absolute Gasteiger partial charge is 0.435 e. The molecule has 3 heteroatoms. The summed E-state index contributed by atoms with van der Waals surface area (Å²) in [6, 6.07) is 19.0. The Morgan fingerprint density at radius 2 is 1.50 bits per heavy atom. The fourth-order valence-electron chi connectivity index (χ4n) is 1.97.